The van der Waals surface area contributed by atoms with E-state index in [1.54, 1.807) is 11.9 Å². The fourth-order valence-electron chi connectivity index (χ4n) is 2.54. The molecule has 1 N–H and O–H groups in total. The van der Waals surface area contributed by atoms with Gasteiger partial charge in [-0.25, -0.2) is 4.39 Å². The maximum Gasteiger partial charge on any atom is 0.295 e. The lowest BCUT2D eigenvalue weighted by Crippen LogP contribution is -2.37. The lowest BCUT2D eigenvalue weighted by Gasteiger charge is -2.28. The predicted octanol–water partition coefficient (Wildman–Crippen LogP) is 2.82. The van der Waals surface area contributed by atoms with Gasteiger partial charge >= 0.3 is 0 Å². The second-order valence-electron chi connectivity index (χ2n) is 5.11. The van der Waals surface area contributed by atoms with Crippen molar-refractivity contribution < 1.29 is 9.31 Å². The summed E-state index contributed by atoms with van der Waals surface area (Å²) in [6.45, 7) is 2.59. The Kier molecular flexibility index (Phi) is 4.77. The number of hydrogen-bond acceptors (Lipinski definition) is 4. The summed E-state index contributed by atoms with van der Waals surface area (Å²) >= 11 is 5.74. The van der Waals surface area contributed by atoms with E-state index in [9.17, 15) is 14.5 Å². The standard InChI is InChI=1S/C13H17ClFN3O2/c1-17(8-9-3-2-4-16-7-9)12-5-10(14)11(15)6-13(12)18(19)20/h5-6,9,16H,2-4,7-8H2,1H3. The average Bonchev–Trinajstić information content (AvgIpc) is 2.42. The normalized spacial score (nSPS) is 18.9. The van der Waals surface area contributed by atoms with Gasteiger partial charge in [-0.15, -0.1) is 0 Å². The molecule has 1 aromatic rings. The van der Waals surface area contributed by atoms with Crippen molar-refractivity contribution in [3.8, 4) is 0 Å². The molecular weight excluding hydrogens is 285 g/mol. The first-order chi connectivity index (χ1) is 9.49. The van der Waals surface area contributed by atoms with Crippen LogP contribution < -0.4 is 10.2 Å². The number of anilines is 1. The van der Waals surface area contributed by atoms with Crippen molar-refractivity contribution >= 4 is 23.0 Å². The summed E-state index contributed by atoms with van der Waals surface area (Å²) in [5.74, 6) is -0.341. The highest BCUT2D eigenvalue weighted by molar-refractivity contribution is 6.31. The third kappa shape index (κ3) is 3.37. The van der Waals surface area contributed by atoms with Crippen molar-refractivity contribution in [3.05, 3.63) is 33.1 Å². The zero-order valence-corrected chi connectivity index (χ0v) is 12.0. The number of nitrogens with zero attached hydrogens (tertiary/aromatic N) is 2. The van der Waals surface area contributed by atoms with Gasteiger partial charge in [-0.2, -0.15) is 0 Å². The third-order valence-corrected chi connectivity index (χ3v) is 3.85. The maximum absolute atomic E-state index is 13.4. The average molecular weight is 302 g/mol. The van der Waals surface area contributed by atoms with Crippen molar-refractivity contribution in [2.24, 2.45) is 5.92 Å². The van der Waals surface area contributed by atoms with Gasteiger partial charge in [0.25, 0.3) is 5.69 Å². The number of nitrogens with one attached hydrogen (secondary N) is 1. The van der Waals surface area contributed by atoms with E-state index in [-0.39, 0.29) is 10.7 Å². The zero-order valence-electron chi connectivity index (χ0n) is 11.2. The van der Waals surface area contributed by atoms with E-state index in [4.69, 9.17) is 11.6 Å². The molecule has 0 bridgehead atoms. The molecule has 7 heteroatoms. The van der Waals surface area contributed by atoms with E-state index in [0.29, 0.717) is 18.2 Å². The Balaban J connectivity index is 2.21. The fraction of sp³-hybridized carbons (Fsp3) is 0.538. The predicted molar refractivity (Wildman–Crippen MR) is 76.9 cm³/mol. The van der Waals surface area contributed by atoms with Crippen molar-refractivity contribution in [2.45, 2.75) is 12.8 Å². The SMILES string of the molecule is CN(CC1CCCNC1)c1cc(Cl)c(F)cc1[N+](=O)[O-]. The first-order valence-corrected chi connectivity index (χ1v) is 6.92. The highest BCUT2D eigenvalue weighted by Gasteiger charge is 2.23. The van der Waals surface area contributed by atoms with Crippen molar-refractivity contribution in [2.75, 3.05) is 31.6 Å². The lowest BCUT2D eigenvalue weighted by molar-refractivity contribution is -0.384. The van der Waals surface area contributed by atoms with Crippen LogP contribution in [0.2, 0.25) is 5.02 Å². The summed E-state index contributed by atoms with van der Waals surface area (Å²) in [4.78, 5) is 12.2. The monoisotopic (exact) mass is 301 g/mol. The van der Waals surface area contributed by atoms with Crippen molar-refractivity contribution in [1.29, 1.82) is 0 Å². The van der Waals surface area contributed by atoms with Crippen LogP contribution >= 0.6 is 11.6 Å². The maximum atomic E-state index is 13.4. The Morgan fingerprint density at radius 3 is 2.95 bits per heavy atom. The smallest absolute Gasteiger partial charge is 0.295 e. The van der Waals surface area contributed by atoms with E-state index < -0.39 is 10.7 Å². The first kappa shape index (κ1) is 15.0. The number of halogens is 2. The van der Waals surface area contributed by atoms with E-state index >= 15 is 0 Å². The second-order valence-corrected chi connectivity index (χ2v) is 5.51. The van der Waals surface area contributed by atoms with Gasteiger partial charge in [0.1, 0.15) is 11.5 Å². The molecule has 20 heavy (non-hydrogen) atoms. The van der Waals surface area contributed by atoms with Crippen LogP contribution in [0.5, 0.6) is 0 Å². The van der Waals surface area contributed by atoms with Gasteiger partial charge in [0.2, 0.25) is 0 Å². The van der Waals surface area contributed by atoms with Gasteiger partial charge in [-0.05, 0) is 37.9 Å². The van der Waals surface area contributed by atoms with Crippen LogP contribution in [0.3, 0.4) is 0 Å². The van der Waals surface area contributed by atoms with E-state index in [0.717, 1.165) is 32.0 Å². The molecule has 1 heterocycles. The lowest BCUT2D eigenvalue weighted by atomic mass is 9.99. The number of hydrogen-bond donors (Lipinski definition) is 1. The Bertz CT molecular complexity index is 507. The van der Waals surface area contributed by atoms with Crippen LogP contribution in [-0.4, -0.2) is 31.6 Å². The van der Waals surface area contributed by atoms with Crippen LogP contribution in [0, 0.1) is 21.8 Å². The number of piperidine rings is 1. The molecule has 110 valence electrons. The van der Waals surface area contributed by atoms with Gasteiger partial charge in [0.05, 0.1) is 16.0 Å². The Morgan fingerprint density at radius 1 is 1.60 bits per heavy atom. The molecule has 1 saturated heterocycles. The Hall–Kier alpha value is -1.40. The molecule has 0 spiro atoms. The number of nitro benzene ring substituents is 1. The van der Waals surface area contributed by atoms with Crippen molar-refractivity contribution in [1.82, 2.24) is 5.32 Å². The van der Waals surface area contributed by atoms with Gasteiger partial charge < -0.3 is 10.2 Å². The number of benzene rings is 1. The molecule has 5 nitrogen and oxygen atoms in total. The summed E-state index contributed by atoms with van der Waals surface area (Å²) in [5, 5.41) is 14.2. The minimum atomic E-state index is -0.769. The Morgan fingerprint density at radius 2 is 2.35 bits per heavy atom. The minimum absolute atomic E-state index is 0.0979. The number of rotatable bonds is 4. The zero-order chi connectivity index (χ0) is 14.7. The third-order valence-electron chi connectivity index (χ3n) is 3.56. The largest absolute Gasteiger partial charge is 0.369 e. The summed E-state index contributed by atoms with van der Waals surface area (Å²) < 4.78 is 13.4. The fourth-order valence-corrected chi connectivity index (χ4v) is 2.70. The summed E-state index contributed by atoms with van der Waals surface area (Å²) in [6.07, 6.45) is 2.19. The quantitative estimate of drug-likeness (QED) is 0.686. The molecule has 1 atom stereocenters. The van der Waals surface area contributed by atoms with E-state index in [1.807, 2.05) is 0 Å². The van der Waals surface area contributed by atoms with E-state index in [1.165, 1.54) is 6.07 Å². The van der Waals surface area contributed by atoms with E-state index in [2.05, 4.69) is 5.32 Å². The number of nitro groups is 1. The molecule has 0 aliphatic carbocycles. The molecule has 0 aromatic heterocycles. The molecule has 0 radical (unpaired) electrons. The highest BCUT2D eigenvalue weighted by Crippen LogP contribution is 2.33. The van der Waals surface area contributed by atoms with Gasteiger partial charge in [-0.3, -0.25) is 10.1 Å². The van der Waals surface area contributed by atoms with Crippen LogP contribution in [-0.2, 0) is 0 Å². The summed E-state index contributed by atoms with van der Waals surface area (Å²) in [5.41, 5.74) is 0.102. The van der Waals surface area contributed by atoms with Gasteiger partial charge in [0, 0.05) is 13.6 Å². The van der Waals surface area contributed by atoms with Crippen LogP contribution in [0.15, 0.2) is 12.1 Å². The van der Waals surface area contributed by atoms with Gasteiger partial charge in [-0.1, -0.05) is 11.6 Å². The molecular formula is C13H17ClFN3O2. The summed E-state index contributed by atoms with van der Waals surface area (Å²) in [6, 6.07) is 2.21. The summed E-state index contributed by atoms with van der Waals surface area (Å²) in [7, 11) is 1.77. The highest BCUT2D eigenvalue weighted by atomic mass is 35.5. The molecule has 1 unspecified atom stereocenters. The molecule has 0 amide bonds. The Labute approximate surface area is 121 Å². The molecule has 1 aromatic carbocycles. The molecule has 1 aliphatic rings. The molecule has 2 rings (SSSR count). The molecule has 1 fully saturated rings. The molecule has 0 saturated carbocycles. The van der Waals surface area contributed by atoms with Crippen LogP contribution in [0.4, 0.5) is 15.8 Å². The first-order valence-electron chi connectivity index (χ1n) is 6.54. The van der Waals surface area contributed by atoms with Crippen LogP contribution in [0.1, 0.15) is 12.8 Å². The van der Waals surface area contributed by atoms with Crippen LogP contribution in [0.25, 0.3) is 0 Å². The van der Waals surface area contributed by atoms with Gasteiger partial charge in [0.15, 0.2) is 0 Å². The molecule has 1 aliphatic heterocycles. The van der Waals surface area contributed by atoms with Crippen molar-refractivity contribution in [3.63, 3.8) is 0 Å². The minimum Gasteiger partial charge on any atom is -0.369 e. The second kappa shape index (κ2) is 6.37. The topological polar surface area (TPSA) is 58.4 Å².